The van der Waals surface area contributed by atoms with E-state index in [0.29, 0.717) is 16.6 Å². The molecule has 0 fully saturated rings. The van der Waals surface area contributed by atoms with Crippen LogP contribution < -0.4 is 5.32 Å². The maximum Gasteiger partial charge on any atom is 0.156 e. The zero-order valence-electron chi connectivity index (χ0n) is 12.2. The molecule has 0 spiro atoms. The SMILES string of the molecule is CC(C)C(C)CNC1=NCC(CC(C)(C)C)S1. The van der Waals surface area contributed by atoms with Gasteiger partial charge in [0.05, 0.1) is 6.54 Å². The fourth-order valence-electron chi connectivity index (χ4n) is 1.79. The Bertz CT molecular complexity index is 266. The molecule has 0 saturated heterocycles. The maximum absolute atomic E-state index is 4.60. The maximum atomic E-state index is 4.60. The summed E-state index contributed by atoms with van der Waals surface area (Å²) in [5.41, 5.74) is 0.411. The summed E-state index contributed by atoms with van der Waals surface area (Å²) in [6.07, 6.45) is 1.24. The van der Waals surface area contributed by atoms with Crippen molar-refractivity contribution in [1.82, 2.24) is 5.32 Å². The molecule has 1 aliphatic heterocycles. The zero-order chi connectivity index (χ0) is 13.1. The fourth-order valence-corrected chi connectivity index (χ4v) is 3.15. The molecule has 2 atom stereocenters. The number of aliphatic imine (C=N–C) groups is 1. The second-order valence-electron chi connectivity index (χ2n) is 6.75. The van der Waals surface area contributed by atoms with Gasteiger partial charge in [-0.25, -0.2) is 0 Å². The van der Waals surface area contributed by atoms with Crippen LogP contribution in [0.2, 0.25) is 0 Å². The van der Waals surface area contributed by atoms with Gasteiger partial charge in [-0.3, -0.25) is 4.99 Å². The van der Waals surface area contributed by atoms with Gasteiger partial charge in [-0.1, -0.05) is 53.3 Å². The molecule has 1 heterocycles. The van der Waals surface area contributed by atoms with Gasteiger partial charge in [-0.05, 0) is 23.7 Å². The Morgan fingerprint density at radius 2 is 2.00 bits per heavy atom. The van der Waals surface area contributed by atoms with E-state index in [4.69, 9.17) is 0 Å². The Morgan fingerprint density at radius 3 is 2.53 bits per heavy atom. The van der Waals surface area contributed by atoms with E-state index in [1.54, 1.807) is 0 Å². The third kappa shape index (κ3) is 5.80. The molecule has 2 unspecified atom stereocenters. The highest BCUT2D eigenvalue weighted by atomic mass is 32.2. The Morgan fingerprint density at radius 1 is 1.35 bits per heavy atom. The van der Waals surface area contributed by atoms with E-state index >= 15 is 0 Å². The lowest BCUT2D eigenvalue weighted by molar-refractivity contribution is 0.375. The predicted octanol–water partition coefficient (Wildman–Crippen LogP) is 3.78. The second kappa shape index (κ2) is 6.12. The van der Waals surface area contributed by atoms with Crippen LogP contribution in [0.15, 0.2) is 4.99 Å². The smallest absolute Gasteiger partial charge is 0.156 e. The van der Waals surface area contributed by atoms with Crippen LogP contribution in [-0.4, -0.2) is 23.5 Å². The predicted molar refractivity (Wildman–Crippen MR) is 79.8 cm³/mol. The molecule has 0 aliphatic carbocycles. The summed E-state index contributed by atoms with van der Waals surface area (Å²) in [7, 11) is 0. The number of amidine groups is 1. The first-order chi connectivity index (χ1) is 7.78. The summed E-state index contributed by atoms with van der Waals surface area (Å²) in [6, 6.07) is 0. The van der Waals surface area contributed by atoms with Crippen molar-refractivity contribution in [3.05, 3.63) is 0 Å². The number of nitrogens with one attached hydrogen (secondary N) is 1. The van der Waals surface area contributed by atoms with Gasteiger partial charge in [0.1, 0.15) is 0 Å². The van der Waals surface area contributed by atoms with Crippen molar-refractivity contribution in [3.63, 3.8) is 0 Å². The summed E-state index contributed by atoms with van der Waals surface area (Å²) < 4.78 is 0. The molecule has 0 amide bonds. The number of rotatable bonds is 4. The van der Waals surface area contributed by atoms with Gasteiger partial charge in [-0.15, -0.1) is 0 Å². The number of thioether (sulfide) groups is 1. The van der Waals surface area contributed by atoms with Gasteiger partial charge < -0.3 is 5.32 Å². The molecular weight excluding hydrogens is 228 g/mol. The van der Waals surface area contributed by atoms with E-state index in [0.717, 1.165) is 24.2 Å². The van der Waals surface area contributed by atoms with Gasteiger partial charge >= 0.3 is 0 Å². The largest absolute Gasteiger partial charge is 0.365 e. The molecule has 1 rings (SSSR count). The monoisotopic (exact) mass is 256 g/mol. The van der Waals surface area contributed by atoms with Crippen molar-refractivity contribution in [3.8, 4) is 0 Å². The van der Waals surface area contributed by atoms with Crippen LogP contribution in [0.25, 0.3) is 0 Å². The quantitative estimate of drug-likeness (QED) is 0.828. The van der Waals surface area contributed by atoms with Crippen molar-refractivity contribution in [2.24, 2.45) is 22.2 Å². The first-order valence-electron chi connectivity index (χ1n) is 6.73. The molecule has 0 saturated carbocycles. The van der Waals surface area contributed by atoms with Crippen LogP contribution in [0.4, 0.5) is 0 Å². The molecule has 17 heavy (non-hydrogen) atoms. The van der Waals surface area contributed by atoms with Crippen LogP contribution in [0.5, 0.6) is 0 Å². The molecule has 1 aliphatic rings. The lowest BCUT2D eigenvalue weighted by atomic mass is 9.90. The third-order valence-corrected chi connectivity index (χ3v) is 4.42. The van der Waals surface area contributed by atoms with Gasteiger partial charge in [0.25, 0.3) is 0 Å². The average molecular weight is 256 g/mol. The minimum absolute atomic E-state index is 0.411. The highest BCUT2D eigenvalue weighted by Crippen LogP contribution is 2.31. The van der Waals surface area contributed by atoms with Gasteiger partial charge in [0, 0.05) is 11.8 Å². The fraction of sp³-hybridized carbons (Fsp3) is 0.929. The van der Waals surface area contributed by atoms with E-state index in [1.807, 2.05) is 11.8 Å². The average Bonchev–Trinajstić information content (AvgIpc) is 2.59. The molecular formula is C14H28N2S. The summed E-state index contributed by atoms with van der Waals surface area (Å²) in [6.45, 7) is 15.8. The number of hydrogen-bond acceptors (Lipinski definition) is 3. The number of hydrogen-bond donors (Lipinski definition) is 1. The van der Waals surface area contributed by atoms with E-state index < -0.39 is 0 Å². The van der Waals surface area contributed by atoms with Crippen LogP contribution in [0, 0.1) is 17.3 Å². The lowest BCUT2D eigenvalue weighted by Gasteiger charge is -2.22. The summed E-state index contributed by atoms with van der Waals surface area (Å²) >= 11 is 1.93. The van der Waals surface area contributed by atoms with Crippen LogP contribution in [0.3, 0.4) is 0 Å². The third-order valence-electron chi connectivity index (χ3n) is 3.27. The Balaban J connectivity index is 2.26. The molecule has 0 radical (unpaired) electrons. The number of nitrogens with zero attached hydrogens (tertiary/aromatic N) is 1. The van der Waals surface area contributed by atoms with Crippen molar-refractivity contribution >= 4 is 16.9 Å². The molecule has 2 nitrogen and oxygen atoms in total. The summed E-state index contributed by atoms with van der Waals surface area (Å²) in [5, 5.41) is 5.32. The van der Waals surface area contributed by atoms with E-state index in [2.05, 4.69) is 51.9 Å². The van der Waals surface area contributed by atoms with Crippen LogP contribution in [0.1, 0.15) is 48.0 Å². The Kier molecular flexibility index (Phi) is 5.36. The first kappa shape index (κ1) is 14.9. The van der Waals surface area contributed by atoms with Crippen molar-refractivity contribution in [1.29, 1.82) is 0 Å². The van der Waals surface area contributed by atoms with Crippen molar-refractivity contribution in [2.45, 2.75) is 53.2 Å². The topological polar surface area (TPSA) is 24.4 Å². The molecule has 0 aromatic rings. The second-order valence-corrected chi connectivity index (χ2v) is 8.04. The van der Waals surface area contributed by atoms with Crippen LogP contribution in [-0.2, 0) is 0 Å². The van der Waals surface area contributed by atoms with Crippen LogP contribution >= 0.6 is 11.8 Å². The molecule has 100 valence electrons. The first-order valence-corrected chi connectivity index (χ1v) is 7.61. The van der Waals surface area contributed by atoms with E-state index in [-0.39, 0.29) is 0 Å². The van der Waals surface area contributed by atoms with Gasteiger partial charge in [0.2, 0.25) is 0 Å². The standard InChI is InChI=1S/C14H28N2S/c1-10(2)11(3)8-15-13-16-9-12(17-13)7-14(4,5)6/h10-12H,7-9H2,1-6H3,(H,15,16). The zero-order valence-corrected chi connectivity index (χ0v) is 13.0. The highest BCUT2D eigenvalue weighted by Gasteiger charge is 2.25. The molecule has 0 aromatic carbocycles. The van der Waals surface area contributed by atoms with Crippen molar-refractivity contribution < 1.29 is 0 Å². The van der Waals surface area contributed by atoms with E-state index in [9.17, 15) is 0 Å². The molecule has 3 heteroatoms. The van der Waals surface area contributed by atoms with Gasteiger partial charge in [-0.2, -0.15) is 0 Å². The summed E-state index contributed by atoms with van der Waals surface area (Å²) in [4.78, 5) is 4.60. The Labute approximate surface area is 111 Å². The normalized spacial score (nSPS) is 22.8. The van der Waals surface area contributed by atoms with Crippen molar-refractivity contribution in [2.75, 3.05) is 13.1 Å². The molecule has 0 aromatic heterocycles. The minimum Gasteiger partial charge on any atom is -0.365 e. The molecule has 1 N–H and O–H groups in total. The van der Waals surface area contributed by atoms with E-state index in [1.165, 1.54) is 6.42 Å². The minimum atomic E-state index is 0.411. The van der Waals surface area contributed by atoms with Gasteiger partial charge in [0.15, 0.2) is 5.17 Å². The lowest BCUT2D eigenvalue weighted by Crippen LogP contribution is -2.28. The summed E-state index contributed by atoms with van der Waals surface area (Å²) in [5.74, 6) is 1.44. The Hall–Kier alpha value is -0.180. The highest BCUT2D eigenvalue weighted by molar-refractivity contribution is 8.14. The molecule has 0 bridgehead atoms.